The molecule has 2 aromatic rings. The number of fused-ring (bicyclic) bond motifs is 1. The molecule has 4 rings (SSSR count). The Morgan fingerprint density at radius 2 is 1.62 bits per heavy atom. The minimum Gasteiger partial charge on any atom is -0.298 e. The minimum atomic E-state index is 0.846. The van der Waals surface area contributed by atoms with E-state index in [4.69, 9.17) is 0 Å². The quantitative estimate of drug-likeness (QED) is 0.819. The summed E-state index contributed by atoms with van der Waals surface area (Å²) in [6.45, 7) is 8.49. The summed E-state index contributed by atoms with van der Waals surface area (Å²) >= 11 is 0. The Morgan fingerprint density at radius 1 is 0.875 bits per heavy atom. The highest BCUT2D eigenvalue weighted by Crippen LogP contribution is 2.29. The van der Waals surface area contributed by atoms with Gasteiger partial charge in [-0.3, -0.25) is 9.80 Å². The second-order valence-electron chi connectivity index (χ2n) is 7.78. The summed E-state index contributed by atoms with van der Waals surface area (Å²) < 4.78 is 0. The molecule has 2 aromatic carbocycles. The Balaban J connectivity index is 1.39. The fourth-order valence-electron chi connectivity index (χ4n) is 4.76. The third-order valence-corrected chi connectivity index (χ3v) is 6.22. The van der Waals surface area contributed by atoms with Gasteiger partial charge in [-0.05, 0) is 35.1 Å². The highest BCUT2D eigenvalue weighted by molar-refractivity contribution is 5.85. The predicted molar refractivity (Wildman–Crippen MR) is 102 cm³/mol. The van der Waals surface area contributed by atoms with E-state index in [1.54, 1.807) is 0 Å². The van der Waals surface area contributed by atoms with Crippen molar-refractivity contribution < 1.29 is 0 Å². The van der Waals surface area contributed by atoms with E-state index in [2.05, 4.69) is 59.2 Å². The van der Waals surface area contributed by atoms with Gasteiger partial charge in [0.05, 0.1) is 0 Å². The van der Waals surface area contributed by atoms with Crippen LogP contribution in [0.5, 0.6) is 0 Å². The molecule has 1 aliphatic carbocycles. The van der Waals surface area contributed by atoms with Crippen LogP contribution >= 0.6 is 0 Å². The van der Waals surface area contributed by atoms with Gasteiger partial charge in [0.25, 0.3) is 0 Å². The maximum atomic E-state index is 2.78. The summed E-state index contributed by atoms with van der Waals surface area (Å²) in [5, 5.41) is 2.79. The van der Waals surface area contributed by atoms with Gasteiger partial charge in [-0.15, -0.1) is 0 Å². The second kappa shape index (κ2) is 7.25. The molecule has 1 saturated heterocycles. The van der Waals surface area contributed by atoms with Crippen LogP contribution in [0.1, 0.15) is 38.2 Å². The fraction of sp³-hybridized carbons (Fsp3) is 0.545. The summed E-state index contributed by atoms with van der Waals surface area (Å²) in [5.41, 5.74) is 1.48. The molecule has 0 bridgehead atoms. The fourth-order valence-corrected chi connectivity index (χ4v) is 4.76. The largest absolute Gasteiger partial charge is 0.298 e. The van der Waals surface area contributed by atoms with Crippen LogP contribution in [0.3, 0.4) is 0 Å². The standard InChI is InChI=1S/C22H30N2/c1-18-7-2-5-12-22(18)24-15-13-23(14-16-24)17-20-10-6-9-19-8-3-4-11-21(19)20/h3-4,6,8-11,18,22H,2,5,7,12-17H2,1H3. The molecule has 2 heteroatoms. The molecule has 0 N–H and O–H groups in total. The van der Waals surface area contributed by atoms with Crippen LogP contribution in [0.4, 0.5) is 0 Å². The molecular weight excluding hydrogens is 292 g/mol. The third-order valence-electron chi connectivity index (χ3n) is 6.22. The number of hydrogen-bond donors (Lipinski definition) is 0. The molecule has 2 nitrogen and oxygen atoms in total. The Labute approximate surface area is 146 Å². The van der Waals surface area contributed by atoms with Crippen LogP contribution in [0.25, 0.3) is 10.8 Å². The summed E-state index contributed by atoms with van der Waals surface area (Å²) in [6.07, 6.45) is 5.73. The molecule has 1 heterocycles. The van der Waals surface area contributed by atoms with E-state index in [-0.39, 0.29) is 0 Å². The van der Waals surface area contributed by atoms with Crippen LogP contribution in [-0.2, 0) is 6.54 Å². The zero-order valence-electron chi connectivity index (χ0n) is 15.0. The number of nitrogens with zero attached hydrogens (tertiary/aromatic N) is 2. The van der Waals surface area contributed by atoms with E-state index in [1.807, 2.05) is 0 Å². The van der Waals surface area contributed by atoms with E-state index in [9.17, 15) is 0 Å². The maximum Gasteiger partial charge on any atom is 0.0240 e. The molecule has 24 heavy (non-hydrogen) atoms. The predicted octanol–water partition coefficient (Wildman–Crippen LogP) is 4.54. The van der Waals surface area contributed by atoms with Gasteiger partial charge in [-0.2, -0.15) is 0 Å². The molecule has 1 aliphatic heterocycles. The van der Waals surface area contributed by atoms with Crippen LogP contribution in [0.15, 0.2) is 42.5 Å². The average Bonchev–Trinajstić information content (AvgIpc) is 2.63. The minimum absolute atomic E-state index is 0.846. The lowest BCUT2D eigenvalue weighted by Crippen LogP contribution is -2.52. The van der Waals surface area contributed by atoms with E-state index >= 15 is 0 Å². The first-order valence-corrected chi connectivity index (χ1v) is 9.74. The average molecular weight is 322 g/mol. The van der Waals surface area contributed by atoms with Crippen molar-refractivity contribution in [2.45, 2.75) is 45.2 Å². The number of rotatable bonds is 3. The summed E-state index contributed by atoms with van der Waals surface area (Å²) in [4.78, 5) is 5.43. The van der Waals surface area contributed by atoms with Crippen molar-refractivity contribution in [1.29, 1.82) is 0 Å². The van der Waals surface area contributed by atoms with E-state index in [0.29, 0.717) is 0 Å². The lowest BCUT2D eigenvalue weighted by Gasteiger charge is -2.43. The van der Waals surface area contributed by atoms with Gasteiger partial charge in [-0.25, -0.2) is 0 Å². The molecule has 2 atom stereocenters. The van der Waals surface area contributed by atoms with Crippen molar-refractivity contribution in [1.82, 2.24) is 9.80 Å². The maximum absolute atomic E-state index is 2.78. The number of piperazine rings is 1. The Morgan fingerprint density at radius 3 is 2.46 bits per heavy atom. The Hall–Kier alpha value is -1.38. The number of benzene rings is 2. The highest BCUT2D eigenvalue weighted by atomic mass is 15.3. The first-order chi connectivity index (χ1) is 11.8. The van der Waals surface area contributed by atoms with Crippen LogP contribution in [0, 0.1) is 5.92 Å². The van der Waals surface area contributed by atoms with Gasteiger partial charge >= 0.3 is 0 Å². The van der Waals surface area contributed by atoms with Gasteiger partial charge in [0, 0.05) is 38.8 Å². The van der Waals surface area contributed by atoms with Crippen LogP contribution < -0.4 is 0 Å². The topological polar surface area (TPSA) is 6.48 Å². The molecule has 2 aliphatic rings. The zero-order chi connectivity index (χ0) is 16.4. The van der Waals surface area contributed by atoms with Gasteiger partial charge < -0.3 is 0 Å². The van der Waals surface area contributed by atoms with E-state index in [1.165, 1.54) is 68.2 Å². The summed E-state index contributed by atoms with van der Waals surface area (Å²) in [5.74, 6) is 0.892. The zero-order valence-corrected chi connectivity index (χ0v) is 15.0. The van der Waals surface area contributed by atoms with Crippen LogP contribution in [-0.4, -0.2) is 42.0 Å². The number of hydrogen-bond acceptors (Lipinski definition) is 2. The summed E-state index contributed by atoms with van der Waals surface area (Å²) in [7, 11) is 0. The van der Waals surface area contributed by atoms with Gasteiger partial charge in [0.15, 0.2) is 0 Å². The lowest BCUT2D eigenvalue weighted by molar-refractivity contribution is 0.0519. The van der Waals surface area contributed by atoms with E-state index in [0.717, 1.165) is 18.5 Å². The van der Waals surface area contributed by atoms with E-state index < -0.39 is 0 Å². The van der Waals surface area contributed by atoms with Crippen molar-refractivity contribution in [2.24, 2.45) is 5.92 Å². The van der Waals surface area contributed by atoms with Crippen molar-refractivity contribution in [3.63, 3.8) is 0 Å². The molecule has 0 spiro atoms. The first kappa shape index (κ1) is 16.1. The van der Waals surface area contributed by atoms with Gasteiger partial charge in [-0.1, -0.05) is 62.2 Å². The van der Waals surface area contributed by atoms with Crippen LogP contribution in [0.2, 0.25) is 0 Å². The van der Waals surface area contributed by atoms with Gasteiger partial charge in [0.1, 0.15) is 0 Å². The van der Waals surface area contributed by atoms with Crippen molar-refractivity contribution in [3.05, 3.63) is 48.0 Å². The molecular formula is C22H30N2. The smallest absolute Gasteiger partial charge is 0.0240 e. The molecule has 128 valence electrons. The Kier molecular flexibility index (Phi) is 4.86. The highest BCUT2D eigenvalue weighted by Gasteiger charge is 2.29. The monoisotopic (exact) mass is 322 g/mol. The molecule has 0 radical (unpaired) electrons. The summed E-state index contributed by atoms with van der Waals surface area (Å²) in [6, 6.07) is 16.4. The normalized spacial score (nSPS) is 26.7. The molecule has 0 amide bonds. The molecule has 1 saturated carbocycles. The first-order valence-electron chi connectivity index (χ1n) is 9.74. The molecule has 2 fully saturated rings. The SMILES string of the molecule is CC1CCCCC1N1CCN(Cc2cccc3ccccc23)CC1. The van der Waals surface area contributed by atoms with Gasteiger partial charge in [0.2, 0.25) is 0 Å². The van der Waals surface area contributed by atoms with Crippen molar-refractivity contribution in [2.75, 3.05) is 26.2 Å². The Bertz CT molecular complexity index is 667. The lowest BCUT2D eigenvalue weighted by atomic mass is 9.84. The van der Waals surface area contributed by atoms with Crippen molar-refractivity contribution >= 4 is 10.8 Å². The van der Waals surface area contributed by atoms with Crippen molar-refractivity contribution in [3.8, 4) is 0 Å². The second-order valence-corrected chi connectivity index (χ2v) is 7.78. The molecule has 2 unspecified atom stereocenters. The molecule has 0 aromatic heterocycles. The third kappa shape index (κ3) is 3.36.